The second kappa shape index (κ2) is 6.79. The van der Waals surface area contributed by atoms with E-state index in [0.29, 0.717) is 11.8 Å². The number of benzene rings is 1. The van der Waals surface area contributed by atoms with Crippen LogP contribution in [0.25, 0.3) is 11.3 Å². The van der Waals surface area contributed by atoms with Crippen molar-refractivity contribution >= 4 is 0 Å². The molecule has 114 valence electrons. The fourth-order valence-electron chi connectivity index (χ4n) is 2.49. The second-order valence-electron chi connectivity index (χ2n) is 6.20. The lowest BCUT2D eigenvalue weighted by Crippen LogP contribution is -2.05. The van der Waals surface area contributed by atoms with E-state index in [-0.39, 0.29) is 0 Å². The molecule has 0 atom stereocenters. The monoisotopic (exact) mass is 286 g/mol. The summed E-state index contributed by atoms with van der Waals surface area (Å²) in [6.45, 7) is 9.27. The number of hydrogen-bond acceptors (Lipinski definition) is 2. The molecule has 2 aromatic rings. The van der Waals surface area contributed by atoms with Crippen LogP contribution >= 0.6 is 0 Å². The second-order valence-corrected chi connectivity index (χ2v) is 6.20. The Morgan fingerprint density at radius 2 is 1.86 bits per heavy atom. The van der Waals surface area contributed by atoms with Gasteiger partial charge in [0.1, 0.15) is 0 Å². The zero-order valence-corrected chi connectivity index (χ0v) is 13.6. The maximum atomic E-state index is 10.5. The molecule has 0 unspecified atom stereocenters. The van der Waals surface area contributed by atoms with Gasteiger partial charge in [-0.3, -0.25) is 0 Å². The highest BCUT2D eigenvalue weighted by molar-refractivity contribution is 5.65. The van der Waals surface area contributed by atoms with Crippen molar-refractivity contribution in [2.75, 3.05) is 0 Å². The third kappa shape index (κ3) is 3.66. The third-order valence-corrected chi connectivity index (χ3v) is 3.66. The maximum absolute atomic E-state index is 10.5. The first-order chi connectivity index (χ1) is 10.0. The Bertz CT molecular complexity index is 582. The van der Waals surface area contributed by atoms with Crippen LogP contribution < -0.4 is 0 Å². The molecule has 0 aliphatic heterocycles. The van der Waals surface area contributed by atoms with Crippen molar-refractivity contribution in [2.24, 2.45) is 5.92 Å². The van der Waals surface area contributed by atoms with Gasteiger partial charge in [0.25, 0.3) is 0 Å². The van der Waals surface area contributed by atoms with E-state index in [4.69, 9.17) is 0 Å². The van der Waals surface area contributed by atoms with Crippen molar-refractivity contribution in [1.82, 2.24) is 9.78 Å². The summed E-state index contributed by atoms with van der Waals surface area (Å²) in [5.41, 5.74) is 4.24. The van der Waals surface area contributed by atoms with E-state index in [2.05, 4.69) is 57.1 Å². The van der Waals surface area contributed by atoms with Crippen molar-refractivity contribution < 1.29 is 5.11 Å². The summed E-state index contributed by atoms with van der Waals surface area (Å²) in [7, 11) is 0. The molecule has 1 N–H and O–H groups in total. The van der Waals surface area contributed by atoms with Gasteiger partial charge >= 0.3 is 0 Å². The van der Waals surface area contributed by atoms with Crippen molar-refractivity contribution in [3.63, 3.8) is 0 Å². The first-order valence-electron chi connectivity index (χ1n) is 7.88. The molecule has 0 bridgehead atoms. The van der Waals surface area contributed by atoms with Crippen LogP contribution in [0.3, 0.4) is 0 Å². The molecule has 1 heterocycles. The van der Waals surface area contributed by atoms with Gasteiger partial charge in [-0.2, -0.15) is 5.10 Å². The van der Waals surface area contributed by atoms with Crippen LogP contribution in [0.4, 0.5) is 0 Å². The summed E-state index contributed by atoms with van der Waals surface area (Å²) in [5.74, 6) is 0.799. The van der Waals surface area contributed by atoms with E-state index in [1.165, 1.54) is 5.56 Å². The first kappa shape index (κ1) is 15.6. The fraction of sp³-hybridized carbons (Fsp3) is 0.500. The normalized spacial score (nSPS) is 11.3. The van der Waals surface area contributed by atoms with Crippen molar-refractivity contribution in [3.8, 4) is 17.1 Å². The van der Waals surface area contributed by atoms with Gasteiger partial charge in [-0.25, -0.2) is 4.68 Å². The molecule has 0 radical (unpaired) electrons. The average molecular weight is 286 g/mol. The van der Waals surface area contributed by atoms with Gasteiger partial charge in [-0.1, -0.05) is 57.0 Å². The number of aromatic nitrogens is 2. The highest BCUT2D eigenvalue weighted by atomic mass is 16.3. The van der Waals surface area contributed by atoms with Gasteiger partial charge in [0, 0.05) is 17.7 Å². The first-order valence-corrected chi connectivity index (χ1v) is 7.88. The number of aryl methyl sites for hydroxylation is 1. The standard InChI is InChI=1S/C18H26N2O/c1-5-6-7-16-17(15-10-8-14(4)9-11-15)19-20(18(16)21)12-13(2)3/h8-11,13,21H,5-7,12H2,1-4H3. The minimum Gasteiger partial charge on any atom is -0.493 e. The zero-order chi connectivity index (χ0) is 15.4. The van der Waals surface area contributed by atoms with E-state index < -0.39 is 0 Å². The topological polar surface area (TPSA) is 38.0 Å². The molecular formula is C18H26N2O. The zero-order valence-electron chi connectivity index (χ0n) is 13.6. The van der Waals surface area contributed by atoms with Crippen LogP contribution in [0.1, 0.15) is 44.7 Å². The lowest BCUT2D eigenvalue weighted by atomic mass is 10.0. The van der Waals surface area contributed by atoms with Crippen LogP contribution in [-0.2, 0) is 13.0 Å². The van der Waals surface area contributed by atoms with Gasteiger partial charge in [0.15, 0.2) is 0 Å². The third-order valence-electron chi connectivity index (χ3n) is 3.66. The summed E-state index contributed by atoms with van der Waals surface area (Å²) in [4.78, 5) is 0. The van der Waals surface area contributed by atoms with Crippen LogP contribution in [0.2, 0.25) is 0 Å². The SMILES string of the molecule is CCCCc1c(-c2ccc(C)cc2)nn(CC(C)C)c1O. The highest BCUT2D eigenvalue weighted by Crippen LogP contribution is 2.31. The molecule has 0 aliphatic rings. The molecule has 3 nitrogen and oxygen atoms in total. The molecule has 2 rings (SSSR count). The highest BCUT2D eigenvalue weighted by Gasteiger charge is 2.18. The average Bonchev–Trinajstić information content (AvgIpc) is 2.74. The maximum Gasteiger partial charge on any atom is 0.213 e. The van der Waals surface area contributed by atoms with E-state index in [9.17, 15) is 5.11 Å². The molecule has 21 heavy (non-hydrogen) atoms. The minimum absolute atomic E-state index is 0.340. The number of unbranched alkanes of at least 4 members (excludes halogenated alkanes) is 1. The van der Waals surface area contributed by atoms with Crippen LogP contribution in [0.15, 0.2) is 24.3 Å². The summed E-state index contributed by atoms with van der Waals surface area (Å²) in [6.07, 6.45) is 3.06. The molecule has 0 saturated carbocycles. The summed E-state index contributed by atoms with van der Waals surface area (Å²) in [5, 5.41) is 15.2. The molecule has 0 amide bonds. The summed E-state index contributed by atoms with van der Waals surface area (Å²) < 4.78 is 1.75. The van der Waals surface area contributed by atoms with Gasteiger partial charge in [-0.05, 0) is 25.7 Å². The fourth-order valence-corrected chi connectivity index (χ4v) is 2.49. The minimum atomic E-state index is 0.340. The van der Waals surface area contributed by atoms with E-state index >= 15 is 0 Å². The predicted octanol–water partition coefficient (Wildman–Crippen LogP) is 4.56. The van der Waals surface area contributed by atoms with Gasteiger partial charge < -0.3 is 5.11 Å². The predicted molar refractivity (Wildman–Crippen MR) is 87.5 cm³/mol. The lowest BCUT2D eigenvalue weighted by molar-refractivity contribution is 0.368. The molecule has 1 aromatic heterocycles. The molecule has 1 aromatic carbocycles. The molecule has 0 spiro atoms. The molecular weight excluding hydrogens is 260 g/mol. The lowest BCUT2D eigenvalue weighted by Gasteiger charge is -2.06. The smallest absolute Gasteiger partial charge is 0.213 e. The van der Waals surface area contributed by atoms with Crippen molar-refractivity contribution in [3.05, 3.63) is 35.4 Å². The Labute approximate surface area is 127 Å². The molecule has 0 aliphatic carbocycles. The molecule has 0 saturated heterocycles. The van der Waals surface area contributed by atoms with Gasteiger partial charge in [0.2, 0.25) is 5.88 Å². The number of hydrogen-bond donors (Lipinski definition) is 1. The largest absolute Gasteiger partial charge is 0.493 e. The quantitative estimate of drug-likeness (QED) is 0.845. The Morgan fingerprint density at radius 1 is 1.19 bits per heavy atom. The molecule has 0 fully saturated rings. The van der Waals surface area contributed by atoms with Crippen LogP contribution in [0, 0.1) is 12.8 Å². The molecule has 3 heteroatoms. The van der Waals surface area contributed by atoms with Crippen LogP contribution in [0.5, 0.6) is 5.88 Å². The van der Waals surface area contributed by atoms with E-state index in [1.54, 1.807) is 4.68 Å². The number of aromatic hydroxyl groups is 1. The van der Waals surface area contributed by atoms with Crippen LogP contribution in [-0.4, -0.2) is 14.9 Å². The Kier molecular flexibility index (Phi) is 5.05. The Morgan fingerprint density at radius 3 is 2.43 bits per heavy atom. The van der Waals surface area contributed by atoms with E-state index in [0.717, 1.165) is 42.6 Å². The Hall–Kier alpha value is -1.77. The van der Waals surface area contributed by atoms with E-state index in [1.807, 2.05) is 0 Å². The number of nitrogens with zero attached hydrogens (tertiary/aromatic N) is 2. The number of rotatable bonds is 6. The van der Waals surface area contributed by atoms with Gasteiger partial charge in [-0.15, -0.1) is 0 Å². The van der Waals surface area contributed by atoms with Gasteiger partial charge in [0.05, 0.1) is 5.69 Å². The summed E-state index contributed by atoms with van der Waals surface area (Å²) >= 11 is 0. The Balaban J connectivity index is 2.44. The van der Waals surface area contributed by atoms with Crippen molar-refractivity contribution in [2.45, 2.75) is 53.5 Å². The summed E-state index contributed by atoms with van der Waals surface area (Å²) in [6, 6.07) is 8.37. The van der Waals surface area contributed by atoms with Crippen molar-refractivity contribution in [1.29, 1.82) is 0 Å².